The number of primary amides is 1. The second kappa shape index (κ2) is 18.7. The number of ether oxygens (including phenoxy) is 2. The summed E-state index contributed by atoms with van der Waals surface area (Å²) in [5.74, 6) is -2.52. The van der Waals surface area contributed by atoms with Gasteiger partial charge in [0.2, 0.25) is 5.91 Å². The van der Waals surface area contributed by atoms with Gasteiger partial charge in [0, 0.05) is 6.42 Å². The van der Waals surface area contributed by atoms with E-state index in [1.54, 1.807) is 0 Å². The van der Waals surface area contributed by atoms with Crippen molar-refractivity contribution in [2.45, 2.75) is 149 Å². The number of cyclic esters (lactones) is 1. The van der Waals surface area contributed by atoms with Crippen LogP contribution in [0.25, 0.3) is 0 Å². The van der Waals surface area contributed by atoms with Crippen molar-refractivity contribution < 1.29 is 23.9 Å². The van der Waals surface area contributed by atoms with Gasteiger partial charge in [0.15, 0.2) is 0 Å². The van der Waals surface area contributed by atoms with E-state index in [4.69, 9.17) is 15.2 Å². The van der Waals surface area contributed by atoms with Crippen LogP contribution in [0, 0.1) is 11.8 Å². The molecule has 1 heterocycles. The highest BCUT2D eigenvalue weighted by atomic mass is 16.6. The molecule has 6 heteroatoms. The summed E-state index contributed by atoms with van der Waals surface area (Å²) in [6.07, 6.45) is 20.9. The molecule has 0 aromatic heterocycles. The standard InChI is InChI=1S/C28H51NO5/c1-4-6-7-8-9-10-11-12-13-14-15-16-17-18-19-20-23(33-27(31)22(3)26(29)30)21-25-24(5-2)28(32)34-25/h22-25H,4-21H2,1-3H3,(H2,29,30)/t22?,23-,24-,25-/m0/s1. The fraction of sp³-hybridized carbons (Fsp3) is 0.893. The first-order valence-electron chi connectivity index (χ1n) is 14.1. The molecule has 0 spiro atoms. The lowest BCUT2D eigenvalue weighted by atomic mass is 9.89. The Kier molecular flexibility index (Phi) is 16.7. The summed E-state index contributed by atoms with van der Waals surface area (Å²) in [7, 11) is 0. The van der Waals surface area contributed by atoms with E-state index >= 15 is 0 Å². The molecule has 1 aliphatic rings. The predicted octanol–water partition coefficient (Wildman–Crippen LogP) is 6.62. The van der Waals surface area contributed by atoms with Gasteiger partial charge in [-0.15, -0.1) is 0 Å². The molecule has 6 nitrogen and oxygen atoms in total. The predicted molar refractivity (Wildman–Crippen MR) is 136 cm³/mol. The van der Waals surface area contributed by atoms with E-state index in [-0.39, 0.29) is 24.1 Å². The quantitative estimate of drug-likeness (QED) is 0.106. The Labute approximate surface area is 208 Å². The van der Waals surface area contributed by atoms with E-state index in [0.717, 1.165) is 25.7 Å². The van der Waals surface area contributed by atoms with E-state index in [1.165, 1.54) is 90.4 Å². The number of nitrogens with two attached hydrogens (primary N) is 1. The molecule has 2 N–H and O–H groups in total. The van der Waals surface area contributed by atoms with Crippen LogP contribution in [-0.4, -0.2) is 30.1 Å². The first-order chi connectivity index (χ1) is 16.4. The van der Waals surface area contributed by atoms with Gasteiger partial charge in [-0.1, -0.05) is 104 Å². The first-order valence-corrected chi connectivity index (χ1v) is 14.1. The molecule has 1 unspecified atom stereocenters. The van der Waals surface area contributed by atoms with Gasteiger partial charge in [-0.2, -0.15) is 0 Å². The number of rotatable bonds is 22. The summed E-state index contributed by atoms with van der Waals surface area (Å²) in [6.45, 7) is 5.69. The Balaban J connectivity index is 2.15. The van der Waals surface area contributed by atoms with E-state index in [1.807, 2.05) is 6.92 Å². The molecule has 1 saturated heterocycles. The van der Waals surface area contributed by atoms with Crippen LogP contribution in [0.5, 0.6) is 0 Å². The number of carbonyl (C=O) groups excluding carboxylic acids is 3. The van der Waals surface area contributed by atoms with Gasteiger partial charge < -0.3 is 15.2 Å². The average molecular weight is 482 g/mol. The van der Waals surface area contributed by atoms with Crippen LogP contribution in [0.4, 0.5) is 0 Å². The highest BCUT2D eigenvalue weighted by molar-refractivity contribution is 5.96. The van der Waals surface area contributed by atoms with Gasteiger partial charge in [-0.05, 0) is 26.2 Å². The van der Waals surface area contributed by atoms with E-state index < -0.39 is 17.8 Å². The Morgan fingerprint density at radius 2 is 1.32 bits per heavy atom. The number of esters is 2. The zero-order chi connectivity index (χ0) is 25.2. The lowest BCUT2D eigenvalue weighted by Gasteiger charge is -2.36. The van der Waals surface area contributed by atoms with Crippen molar-refractivity contribution in [3.05, 3.63) is 0 Å². The van der Waals surface area contributed by atoms with E-state index in [9.17, 15) is 14.4 Å². The summed E-state index contributed by atoms with van der Waals surface area (Å²) in [5, 5.41) is 0. The lowest BCUT2D eigenvalue weighted by molar-refractivity contribution is -0.189. The molecule has 34 heavy (non-hydrogen) atoms. The fourth-order valence-electron chi connectivity index (χ4n) is 4.65. The van der Waals surface area contributed by atoms with Gasteiger partial charge >= 0.3 is 11.9 Å². The van der Waals surface area contributed by atoms with Crippen molar-refractivity contribution in [1.82, 2.24) is 0 Å². The molecule has 0 aliphatic carbocycles. The topological polar surface area (TPSA) is 95.7 Å². The van der Waals surface area contributed by atoms with Crippen LogP contribution >= 0.6 is 0 Å². The smallest absolute Gasteiger partial charge is 0.318 e. The fourth-order valence-corrected chi connectivity index (χ4v) is 4.65. The van der Waals surface area contributed by atoms with Crippen molar-refractivity contribution in [2.24, 2.45) is 17.6 Å². The van der Waals surface area contributed by atoms with Crippen molar-refractivity contribution >= 4 is 17.8 Å². The zero-order valence-corrected chi connectivity index (χ0v) is 22.2. The SMILES string of the molecule is CCCCCCCCCCCCCCCCC[C@@H](C[C@@H]1OC(=O)[C@H]1CC)OC(=O)C(C)C(N)=O. The van der Waals surface area contributed by atoms with Gasteiger partial charge in [-0.3, -0.25) is 14.4 Å². The molecule has 1 aliphatic heterocycles. The van der Waals surface area contributed by atoms with Crippen LogP contribution in [0.2, 0.25) is 0 Å². The monoisotopic (exact) mass is 481 g/mol. The van der Waals surface area contributed by atoms with Gasteiger partial charge in [0.25, 0.3) is 0 Å². The average Bonchev–Trinajstić information content (AvgIpc) is 2.80. The number of hydrogen-bond donors (Lipinski definition) is 1. The van der Waals surface area contributed by atoms with E-state index in [2.05, 4.69) is 6.92 Å². The number of hydrogen-bond acceptors (Lipinski definition) is 5. The highest BCUT2D eigenvalue weighted by Crippen LogP contribution is 2.31. The van der Waals surface area contributed by atoms with Gasteiger partial charge in [-0.25, -0.2) is 0 Å². The Morgan fingerprint density at radius 3 is 1.74 bits per heavy atom. The summed E-state index contributed by atoms with van der Waals surface area (Å²) in [6, 6.07) is 0. The minimum Gasteiger partial charge on any atom is -0.462 e. The summed E-state index contributed by atoms with van der Waals surface area (Å²) >= 11 is 0. The molecule has 0 bridgehead atoms. The molecule has 0 aromatic rings. The maximum Gasteiger partial charge on any atom is 0.318 e. The zero-order valence-electron chi connectivity index (χ0n) is 22.2. The van der Waals surface area contributed by atoms with Gasteiger partial charge in [0.1, 0.15) is 18.1 Å². The van der Waals surface area contributed by atoms with Crippen LogP contribution < -0.4 is 5.73 Å². The van der Waals surface area contributed by atoms with Crippen molar-refractivity contribution in [3.63, 3.8) is 0 Å². The maximum atomic E-state index is 12.2. The van der Waals surface area contributed by atoms with Crippen molar-refractivity contribution in [3.8, 4) is 0 Å². The number of carbonyl (C=O) groups is 3. The third kappa shape index (κ3) is 12.8. The molecule has 198 valence electrons. The molecular weight excluding hydrogens is 430 g/mol. The third-order valence-electron chi connectivity index (χ3n) is 7.15. The van der Waals surface area contributed by atoms with E-state index in [0.29, 0.717) is 6.42 Å². The molecule has 0 saturated carbocycles. The first kappa shape index (κ1) is 30.4. The molecular formula is C28H51NO5. The minimum atomic E-state index is -0.963. The lowest BCUT2D eigenvalue weighted by Crippen LogP contribution is -2.47. The Bertz CT molecular complexity index is 579. The van der Waals surface area contributed by atoms with Crippen LogP contribution in [0.3, 0.4) is 0 Å². The summed E-state index contributed by atoms with van der Waals surface area (Å²) in [4.78, 5) is 35.1. The summed E-state index contributed by atoms with van der Waals surface area (Å²) < 4.78 is 10.9. The number of unbranched alkanes of at least 4 members (excludes halogenated alkanes) is 14. The number of amides is 1. The molecule has 1 fully saturated rings. The Hall–Kier alpha value is -1.59. The largest absolute Gasteiger partial charge is 0.462 e. The normalized spacial score (nSPS) is 19.2. The van der Waals surface area contributed by atoms with Crippen LogP contribution in [0.1, 0.15) is 136 Å². The molecule has 4 atom stereocenters. The van der Waals surface area contributed by atoms with Gasteiger partial charge in [0.05, 0.1) is 5.92 Å². The molecule has 1 amide bonds. The second-order valence-electron chi connectivity index (χ2n) is 10.1. The van der Waals surface area contributed by atoms with Crippen LogP contribution in [-0.2, 0) is 23.9 Å². The summed E-state index contributed by atoms with van der Waals surface area (Å²) in [5.41, 5.74) is 5.24. The Morgan fingerprint density at radius 1 is 0.853 bits per heavy atom. The molecule has 0 radical (unpaired) electrons. The molecule has 1 rings (SSSR count). The van der Waals surface area contributed by atoms with Crippen LogP contribution in [0.15, 0.2) is 0 Å². The second-order valence-corrected chi connectivity index (χ2v) is 10.1. The highest BCUT2D eigenvalue weighted by Gasteiger charge is 2.42. The molecule has 0 aromatic carbocycles. The van der Waals surface area contributed by atoms with Crippen molar-refractivity contribution in [1.29, 1.82) is 0 Å². The van der Waals surface area contributed by atoms with Crippen molar-refractivity contribution in [2.75, 3.05) is 0 Å². The maximum absolute atomic E-state index is 12.2. The minimum absolute atomic E-state index is 0.115. The third-order valence-corrected chi connectivity index (χ3v) is 7.15.